The highest BCUT2D eigenvalue weighted by atomic mass is 15.2. The maximum atomic E-state index is 3.43. The summed E-state index contributed by atoms with van der Waals surface area (Å²) in [6.07, 6.45) is 10.3. The van der Waals surface area contributed by atoms with Gasteiger partial charge in [-0.1, -0.05) is 19.8 Å². The van der Waals surface area contributed by atoms with Gasteiger partial charge in [-0.15, -0.1) is 0 Å². The van der Waals surface area contributed by atoms with Crippen LogP contribution >= 0.6 is 0 Å². The first-order valence-corrected chi connectivity index (χ1v) is 7.36. The average molecular weight is 224 g/mol. The van der Waals surface area contributed by atoms with Gasteiger partial charge in [-0.2, -0.15) is 0 Å². The van der Waals surface area contributed by atoms with Gasteiger partial charge < -0.3 is 10.2 Å². The van der Waals surface area contributed by atoms with Crippen LogP contribution in [-0.2, 0) is 0 Å². The largest absolute Gasteiger partial charge is 0.317 e. The highest BCUT2D eigenvalue weighted by Gasteiger charge is 2.32. The predicted molar refractivity (Wildman–Crippen MR) is 69.7 cm³/mol. The number of nitrogens with zero attached hydrogens (tertiary/aromatic N) is 1. The van der Waals surface area contributed by atoms with Gasteiger partial charge in [0.1, 0.15) is 0 Å². The Balaban J connectivity index is 1.70. The highest BCUT2D eigenvalue weighted by Crippen LogP contribution is 2.35. The van der Waals surface area contributed by atoms with Crippen LogP contribution in [0.2, 0.25) is 0 Å². The van der Waals surface area contributed by atoms with Crippen LogP contribution in [-0.4, -0.2) is 37.1 Å². The molecule has 94 valence electrons. The van der Waals surface area contributed by atoms with Crippen molar-refractivity contribution in [1.82, 2.24) is 10.2 Å². The fourth-order valence-corrected chi connectivity index (χ4v) is 3.59. The second kappa shape index (κ2) is 6.61. The molecule has 0 aromatic carbocycles. The lowest BCUT2D eigenvalue weighted by atomic mass is 9.96. The van der Waals surface area contributed by atoms with Crippen LogP contribution in [0, 0.1) is 5.92 Å². The number of nitrogens with one attached hydrogen (secondary N) is 1. The molecule has 0 aromatic heterocycles. The molecule has 2 nitrogen and oxygen atoms in total. The van der Waals surface area contributed by atoms with E-state index in [2.05, 4.69) is 17.1 Å². The summed E-state index contributed by atoms with van der Waals surface area (Å²) in [5.41, 5.74) is 0. The van der Waals surface area contributed by atoms with Crippen molar-refractivity contribution in [2.24, 2.45) is 5.92 Å². The maximum absolute atomic E-state index is 3.43. The average Bonchev–Trinajstić information content (AvgIpc) is 2.94. The van der Waals surface area contributed by atoms with Gasteiger partial charge in [-0.3, -0.25) is 0 Å². The number of rotatable bonds is 6. The van der Waals surface area contributed by atoms with Gasteiger partial charge in [0.25, 0.3) is 0 Å². The van der Waals surface area contributed by atoms with Gasteiger partial charge >= 0.3 is 0 Å². The molecule has 1 saturated heterocycles. The Morgan fingerprint density at radius 1 is 1.12 bits per heavy atom. The van der Waals surface area contributed by atoms with Crippen molar-refractivity contribution in [3.63, 3.8) is 0 Å². The van der Waals surface area contributed by atoms with E-state index in [1.165, 1.54) is 64.6 Å². The van der Waals surface area contributed by atoms with Crippen molar-refractivity contribution in [2.75, 3.05) is 26.2 Å². The van der Waals surface area contributed by atoms with Crippen molar-refractivity contribution in [3.8, 4) is 0 Å². The van der Waals surface area contributed by atoms with Gasteiger partial charge in [-0.25, -0.2) is 0 Å². The molecule has 16 heavy (non-hydrogen) atoms. The quantitative estimate of drug-likeness (QED) is 0.698. The summed E-state index contributed by atoms with van der Waals surface area (Å²) in [6.45, 7) is 7.20. The molecule has 0 amide bonds. The summed E-state index contributed by atoms with van der Waals surface area (Å²) in [4.78, 5) is 2.79. The van der Waals surface area contributed by atoms with E-state index in [1.54, 1.807) is 0 Å². The van der Waals surface area contributed by atoms with Gasteiger partial charge in [0.15, 0.2) is 0 Å². The molecular weight excluding hydrogens is 196 g/mol. The third kappa shape index (κ3) is 3.21. The van der Waals surface area contributed by atoms with Crippen LogP contribution in [0.15, 0.2) is 0 Å². The molecule has 1 heterocycles. The first kappa shape index (κ1) is 12.4. The van der Waals surface area contributed by atoms with Gasteiger partial charge in [0.05, 0.1) is 0 Å². The first-order valence-electron chi connectivity index (χ1n) is 7.36. The van der Waals surface area contributed by atoms with Crippen molar-refractivity contribution in [1.29, 1.82) is 0 Å². The molecule has 0 spiro atoms. The Kier molecular flexibility index (Phi) is 5.11. The fraction of sp³-hybridized carbons (Fsp3) is 1.00. The third-order valence-electron chi connectivity index (χ3n) is 4.41. The minimum absolute atomic E-state index is 0.948. The smallest absolute Gasteiger partial charge is 0.0124 e. The molecule has 1 N–H and O–H groups in total. The Labute approximate surface area is 101 Å². The standard InChI is InChI=1S/C14H28N2/c1-2-15-10-6-12-16-11-5-9-14(16)13-7-3-4-8-13/h13-15H,2-12H2,1H3. The SMILES string of the molecule is CCNCCCN1CCCC1C1CCCC1. The zero-order valence-corrected chi connectivity index (χ0v) is 10.9. The van der Waals surface area contributed by atoms with Crippen LogP contribution < -0.4 is 5.32 Å². The maximum Gasteiger partial charge on any atom is 0.0124 e. The molecule has 0 radical (unpaired) electrons. The molecule has 1 unspecified atom stereocenters. The molecule has 2 fully saturated rings. The summed E-state index contributed by atoms with van der Waals surface area (Å²) in [5, 5.41) is 3.43. The third-order valence-corrected chi connectivity index (χ3v) is 4.41. The lowest BCUT2D eigenvalue weighted by Gasteiger charge is -2.29. The summed E-state index contributed by atoms with van der Waals surface area (Å²) < 4.78 is 0. The van der Waals surface area contributed by atoms with E-state index in [9.17, 15) is 0 Å². The minimum Gasteiger partial charge on any atom is -0.317 e. The van der Waals surface area contributed by atoms with Crippen molar-refractivity contribution < 1.29 is 0 Å². The summed E-state index contributed by atoms with van der Waals surface area (Å²) in [5.74, 6) is 1.04. The number of hydrogen-bond donors (Lipinski definition) is 1. The van der Waals surface area contributed by atoms with Crippen LogP contribution in [0.25, 0.3) is 0 Å². The Bertz CT molecular complexity index is 187. The van der Waals surface area contributed by atoms with Crippen LogP contribution in [0.4, 0.5) is 0 Å². The predicted octanol–water partition coefficient (Wildman–Crippen LogP) is 2.64. The lowest BCUT2D eigenvalue weighted by Crippen LogP contribution is -2.36. The van der Waals surface area contributed by atoms with Crippen molar-refractivity contribution in [2.45, 2.75) is 57.9 Å². The van der Waals surface area contributed by atoms with Crippen molar-refractivity contribution in [3.05, 3.63) is 0 Å². The monoisotopic (exact) mass is 224 g/mol. The molecule has 1 atom stereocenters. The summed E-state index contributed by atoms with van der Waals surface area (Å²) >= 11 is 0. The van der Waals surface area contributed by atoms with E-state index in [0.29, 0.717) is 0 Å². The molecule has 2 rings (SSSR count). The number of hydrogen-bond acceptors (Lipinski definition) is 2. The van der Waals surface area contributed by atoms with Gasteiger partial charge in [0.2, 0.25) is 0 Å². The van der Waals surface area contributed by atoms with E-state index >= 15 is 0 Å². The van der Waals surface area contributed by atoms with Crippen LogP contribution in [0.1, 0.15) is 51.9 Å². The fourth-order valence-electron chi connectivity index (χ4n) is 3.59. The molecular formula is C14H28N2. The van der Waals surface area contributed by atoms with Crippen LogP contribution in [0.3, 0.4) is 0 Å². The summed E-state index contributed by atoms with van der Waals surface area (Å²) in [7, 11) is 0. The Morgan fingerprint density at radius 3 is 2.69 bits per heavy atom. The van der Waals surface area contributed by atoms with E-state index < -0.39 is 0 Å². The lowest BCUT2D eigenvalue weighted by molar-refractivity contribution is 0.188. The zero-order valence-electron chi connectivity index (χ0n) is 10.9. The van der Waals surface area contributed by atoms with Crippen molar-refractivity contribution >= 4 is 0 Å². The topological polar surface area (TPSA) is 15.3 Å². The normalized spacial score (nSPS) is 27.9. The van der Waals surface area contributed by atoms with E-state index in [-0.39, 0.29) is 0 Å². The van der Waals surface area contributed by atoms with E-state index in [4.69, 9.17) is 0 Å². The molecule has 1 aliphatic carbocycles. The van der Waals surface area contributed by atoms with Crippen LogP contribution in [0.5, 0.6) is 0 Å². The Morgan fingerprint density at radius 2 is 1.94 bits per heavy atom. The zero-order chi connectivity index (χ0) is 11.2. The first-order chi connectivity index (χ1) is 7.92. The molecule has 0 aromatic rings. The summed E-state index contributed by atoms with van der Waals surface area (Å²) in [6, 6.07) is 0.948. The molecule has 2 aliphatic rings. The van der Waals surface area contributed by atoms with E-state index in [0.717, 1.165) is 18.5 Å². The molecule has 0 bridgehead atoms. The van der Waals surface area contributed by atoms with E-state index in [1.807, 2.05) is 0 Å². The van der Waals surface area contributed by atoms with Gasteiger partial charge in [-0.05, 0) is 64.2 Å². The highest BCUT2D eigenvalue weighted by molar-refractivity contribution is 4.87. The second-order valence-electron chi connectivity index (χ2n) is 5.50. The minimum atomic E-state index is 0.948. The van der Waals surface area contributed by atoms with Gasteiger partial charge in [0, 0.05) is 6.04 Å². The second-order valence-corrected chi connectivity index (χ2v) is 5.50. The number of likely N-dealkylation sites (tertiary alicyclic amines) is 1. The molecule has 1 aliphatic heterocycles. The molecule has 2 heteroatoms. The Hall–Kier alpha value is -0.0800. The molecule has 1 saturated carbocycles.